The summed E-state index contributed by atoms with van der Waals surface area (Å²) in [5.41, 5.74) is 2.20. The summed E-state index contributed by atoms with van der Waals surface area (Å²) in [5.74, 6) is 1.48. The Labute approximate surface area is 135 Å². The van der Waals surface area contributed by atoms with Gasteiger partial charge in [-0.25, -0.2) is 4.98 Å². The van der Waals surface area contributed by atoms with Crippen molar-refractivity contribution in [3.05, 3.63) is 39.7 Å². The van der Waals surface area contributed by atoms with Crippen LogP contribution in [0.25, 0.3) is 10.2 Å². The van der Waals surface area contributed by atoms with Gasteiger partial charge in [0.25, 0.3) is 0 Å². The Hall–Kier alpha value is -1.66. The quantitative estimate of drug-likeness (QED) is 0.690. The van der Waals surface area contributed by atoms with Gasteiger partial charge in [0.05, 0.1) is 5.39 Å². The minimum absolute atomic E-state index is 0.654. The molecule has 3 aromatic rings. The molecule has 0 saturated carbocycles. The number of nitrogens with one attached hydrogen (secondary N) is 2. The molecule has 2 heterocycles. The van der Waals surface area contributed by atoms with E-state index in [0.717, 1.165) is 32.7 Å². The van der Waals surface area contributed by atoms with Crippen molar-refractivity contribution in [1.82, 2.24) is 9.97 Å². The lowest BCUT2D eigenvalue weighted by Gasteiger charge is -2.10. The van der Waals surface area contributed by atoms with Crippen molar-refractivity contribution in [3.8, 4) is 0 Å². The van der Waals surface area contributed by atoms with E-state index >= 15 is 0 Å². The molecular weight excluding hydrogens is 348 g/mol. The summed E-state index contributed by atoms with van der Waals surface area (Å²) in [7, 11) is 0. The van der Waals surface area contributed by atoms with E-state index < -0.39 is 0 Å². The first-order valence-corrected chi connectivity index (χ1v) is 8.36. The topological polar surface area (TPSA) is 49.8 Å². The van der Waals surface area contributed by atoms with E-state index in [0.29, 0.717) is 5.95 Å². The predicted molar refractivity (Wildman–Crippen MR) is 93.7 cm³/mol. The highest BCUT2D eigenvalue weighted by Gasteiger charge is 2.09. The largest absolute Gasteiger partial charge is 0.354 e. The number of thiophene rings is 1. The first-order valence-electron chi connectivity index (χ1n) is 6.69. The third-order valence-electron chi connectivity index (χ3n) is 2.96. The SMILES string of the molecule is CCNc1nc(Nc2cc(C)cc(Br)c2)c2ccsc2n1. The highest BCUT2D eigenvalue weighted by molar-refractivity contribution is 9.10. The fraction of sp³-hybridized carbons (Fsp3) is 0.200. The molecule has 0 fully saturated rings. The average Bonchev–Trinajstić information content (AvgIpc) is 2.86. The van der Waals surface area contributed by atoms with Crippen LogP contribution < -0.4 is 10.6 Å². The highest BCUT2D eigenvalue weighted by atomic mass is 79.9. The van der Waals surface area contributed by atoms with E-state index in [1.54, 1.807) is 11.3 Å². The van der Waals surface area contributed by atoms with Gasteiger partial charge in [-0.15, -0.1) is 11.3 Å². The van der Waals surface area contributed by atoms with Gasteiger partial charge < -0.3 is 10.6 Å². The normalized spacial score (nSPS) is 10.8. The maximum Gasteiger partial charge on any atom is 0.226 e. The van der Waals surface area contributed by atoms with E-state index in [2.05, 4.69) is 55.6 Å². The number of anilines is 3. The zero-order valence-electron chi connectivity index (χ0n) is 11.8. The summed E-state index contributed by atoms with van der Waals surface area (Å²) in [6.07, 6.45) is 0. The monoisotopic (exact) mass is 362 g/mol. The summed E-state index contributed by atoms with van der Waals surface area (Å²) in [6.45, 7) is 4.90. The van der Waals surface area contributed by atoms with Gasteiger partial charge in [-0.05, 0) is 49.1 Å². The van der Waals surface area contributed by atoms with Gasteiger partial charge in [0.1, 0.15) is 10.6 Å². The van der Waals surface area contributed by atoms with Crippen molar-refractivity contribution in [2.24, 2.45) is 0 Å². The van der Waals surface area contributed by atoms with Crippen molar-refractivity contribution in [2.45, 2.75) is 13.8 Å². The number of hydrogen-bond donors (Lipinski definition) is 2. The molecule has 0 aliphatic heterocycles. The number of fused-ring (bicyclic) bond motifs is 1. The van der Waals surface area contributed by atoms with Crippen molar-refractivity contribution < 1.29 is 0 Å². The van der Waals surface area contributed by atoms with Gasteiger partial charge in [-0.1, -0.05) is 15.9 Å². The zero-order valence-corrected chi connectivity index (χ0v) is 14.2. The molecule has 4 nitrogen and oxygen atoms in total. The highest BCUT2D eigenvalue weighted by Crippen LogP contribution is 2.30. The molecule has 1 aromatic carbocycles. The molecule has 21 heavy (non-hydrogen) atoms. The van der Waals surface area contributed by atoms with Crippen molar-refractivity contribution >= 4 is 54.9 Å². The molecule has 3 rings (SSSR count). The van der Waals surface area contributed by atoms with E-state index in [1.807, 2.05) is 24.4 Å². The number of halogens is 1. The summed E-state index contributed by atoms with van der Waals surface area (Å²) < 4.78 is 1.05. The molecule has 0 bridgehead atoms. The Kier molecular flexibility index (Phi) is 4.07. The second kappa shape index (κ2) is 5.99. The first-order chi connectivity index (χ1) is 10.2. The van der Waals surface area contributed by atoms with Crippen LogP contribution in [0.4, 0.5) is 17.5 Å². The van der Waals surface area contributed by atoms with Crippen LogP contribution in [0, 0.1) is 6.92 Å². The first kappa shape index (κ1) is 14.3. The molecule has 0 saturated heterocycles. The van der Waals surface area contributed by atoms with Gasteiger partial charge in [-0.3, -0.25) is 0 Å². The second-order valence-corrected chi connectivity index (χ2v) is 6.52. The number of hydrogen-bond acceptors (Lipinski definition) is 5. The van der Waals surface area contributed by atoms with E-state index in [-0.39, 0.29) is 0 Å². The second-order valence-electron chi connectivity index (χ2n) is 4.71. The van der Waals surface area contributed by atoms with Crippen molar-refractivity contribution in [3.63, 3.8) is 0 Å². The molecule has 0 aliphatic rings. The van der Waals surface area contributed by atoms with E-state index in [1.165, 1.54) is 5.56 Å². The van der Waals surface area contributed by atoms with Crippen LogP contribution in [-0.2, 0) is 0 Å². The predicted octanol–water partition coefficient (Wildman–Crippen LogP) is 4.94. The fourth-order valence-corrected chi connectivity index (χ4v) is 3.50. The van der Waals surface area contributed by atoms with Crippen LogP contribution in [0.15, 0.2) is 34.1 Å². The lowest BCUT2D eigenvalue weighted by Crippen LogP contribution is -2.04. The molecule has 6 heteroatoms. The zero-order chi connectivity index (χ0) is 14.8. The van der Waals surface area contributed by atoms with Gasteiger partial charge in [0.2, 0.25) is 5.95 Å². The van der Waals surface area contributed by atoms with Crippen molar-refractivity contribution in [2.75, 3.05) is 17.2 Å². The van der Waals surface area contributed by atoms with Gasteiger partial charge in [0, 0.05) is 16.7 Å². The van der Waals surface area contributed by atoms with Crippen molar-refractivity contribution in [1.29, 1.82) is 0 Å². The summed E-state index contributed by atoms with van der Waals surface area (Å²) in [4.78, 5) is 10.1. The molecule has 108 valence electrons. The molecule has 0 amide bonds. The summed E-state index contributed by atoms with van der Waals surface area (Å²) in [6, 6.07) is 8.26. The number of rotatable bonds is 4. The Morgan fingerprint density at radius 1 is 1.24 bits per heavy atom. The Balaban J connectivity index is 2.04. The maximum atomic E-state index is 4.58. The summed E-state index contributed by atoms with van der Waals surface area (Å²) >= 11 is 5.14. The lowest BCUT2D eigenvalue weighted by atomic mass is 10.2. The van der Waals surface area contributed by atoms with E-state index in [9.17, 15) is 0 Å². The standard InChI is InChI=1S/C15H15BrN4S/c1-3-17-15-19-13(12-4-5-21-14(12)20-15)18-11-7-9(2)6-10(16)8-11/h4-8H,3H2,1-2H3,(H2,17,18,19,20). The van der Waals surface area contributed by atoms with Crippen LogP contribution in [0.2, 0.25) is 0 Å². The Morgan fingerprint density at radius 2 is 2.10 bits per heavy atom. The molecular formula is C15H15BrN4S. The fourth-order valence-electron chi connectivity index (χ4n) is 2.13. The molecule has 2 aromatic heterocycles. The van der Waals surface area contributed by atoms with Crippen LogP contribution >= 0.6 is 27.3 Å². The van der Waals surface area contributed by atoms with Crippen LogP contribution in [0.1, 0.15) is 12.5 Å². The third kappa shape index (κ3) is 3.16. The number of benzene rings is 1. The number of aryl methyl sites for hydroxylation is 1. The average molecular weight is 363 g/mol. The maximum absolute atomic E-state index is 4.58. The Bertz CT molecular complexity index is 764. The summed E-state index contributed by atoms with van der Waals surface area (Å²) in [5, 5.41) is 9.65. The number of nitrogens with zero attached hydrogens (tertiary/aromatic N) is 2. The minimum Gasteiger partial charge on any atom is -0.354 e. The molecule has 0 spiro atoms. The van der Waals surface area contributed by atoms with Crippen LogP contribution in [0.5, 0.6) is 0 Å². The number of aromatic nitrogens is 2. The molecule has 0 radical (unpaired) electrons. The third-order valence-corrected chi connectivity index (χ3v) is 4.23. The van der Waals surface area contributed by atoms with Crippen LogP contribution in [0.3, 0.4) is 0 Å². The lowest BCUT2D eigenvalue weighted by molar-refractivity contribution is 1.11. The van der Waals surface area contributed by atoms with Gasteiger partial charge in [-0.2, -0.15) is 4.98 Å². The van der Waals surface area contributed by atoms with Gasteiger partial charge >= 0.3 is 0 Å². The smallest absolute Gasteiger partial charge is 0.226 e. The van der Waals surface area contributed by atoms with Gasteiger partial charge in [0.15, 0.2) is 0 Å². The van der Waals surface area contributed by atoms with E-state index in [4.69, 9.17) is 0 Å². The molecule has 2 N–H and O–H groups in total. The molecule has 0 atom stereocenters. The van der Waals surface area contributed by atoms with Crippen LogP contribution in [-0.4, -0.2) is 16.5 Å². The Morgan fingerprint density at radius 3 is 2.86 bits per heavy atom. The minimum atomic E-state index is 0.654. The molecule has 0 aliphatic carbocycles. The molecule has 0 unspecified atom stereocenters.